The second kappa shape index (κ2) is 4.93. The minimum Gasteiger partial charge on any atom is -0.393 e. The lowest BCUT2D eigenvalue weighted by atomic mass is 10.2. The molecular weight excluding hydrogens is 240 g/mol. The van der Waals surface area contributed by atoms with Gasteiger partial charge in [-0.05, 0) is 30.9 Å². The minimum absolute atomic E-state index is 0.00403. The number of fused-ring (bicyclic) bond motifs is 1. The van der Waals surface area contributed by atoms with E-state index in [1.54, 1.807) is 11.3 Å². The van der Waals surface area contributed by atoms with Crippen LogP contribution in [-0.2, 0) is 12.8 Å². The molecule has 0 fully saturated rings. The number of nitrogens with two attached hydrogens (primary N) is 1. The molecule has 1 aromatic heterocycles. The Hall–Kier alpha value is -0.940. The molecule has 0 aromatic carbocycles. The zero-order valence-electron chi connectivity index (χ0n) is 8.91. The maximum Gasteiger partial charge on any atom is 0.261 e. The Balaban J connectivity index is 1.91. The number of carbonyl (C=O) groups is 1. The molecule has 5 heteroatoms. The Morgan fingerprint density at radius 2 is 2.38 bits per heavy atom. The summed E-state index contributed by atoms with van der Waals surface area (Å²) in [6.45, 7) is 0.525. The molecule has 0 atom stereocenters. The Morgan fingerprint density at radius 3 is 3.06 bits per heavy atom. The van der Waals surface area contributed by atoms with E-state index in [0.717, 1.165) is 17.7 Å². The van der Waals surface area contributed by atoms with Crippen LogP contribution in [0, 0.1) is 0 Å². The van der Waals surface area contributed by atoms with Gasteiger partial charge in [-0.2, -0.15) is 0 Å². The maximum absolute atomic E-state index is 11.7. The Bertz CT molecular complexity index is 404. The summed E-state index contributed by atoms with van der Waals surface area (Å²) >= 11 is 6.36. The normalized spacial score (nSPS) is 13.5. The molecule has 3 nitrogen and oxygen atoms in total. The number of amides is 1. The summed E-state index contributed by atoms with van der Waals surface area (Å²) in [6.07, 6.45) is 4.03. The predicted octanol–water partition coefficient (Wildman–Crippen LogP) is 1.64. The van der Waals surface area contributed by atoms with Crippen LogP contribution in [0.5, 0.6) is 0 Å². The van der Waals surface area contributed by atoms with E-state index in [0.29, 0.717) is 18.0 Å². The highest BCUT2D eigenvalue weighted by Crippen LogP contribution is 2.30. The van der Waals surface area contributed by atoms with Crippen molar-refractivity contribution in [1.29, 1.82) is 0 Å². The van der Waals surface area contributed by atoms with E-state index in [1.165, 1.54) is 16.9 Å². The van der Waals surface area contributed by atoms with Gasteiger partial charge in [0.05, 0.1) is 9.87 Å². The number of hydrogen-bond acceptors (Lipinski definition) is 3. The SMILES string of the molecule is NC(=S)CCNC(=O)c1cc2c(s1)CCC2. The summed E-state index contributed by atoms with van der Waals surface area (Å²) in [5.41, 5.74) is 6.71. The number of thiophene rings is 1. The lowest BCUT2D eigenvalue weighted by Gasteiger charge is -2.01. The fourth-order valence-electron chi connectivity index (χ4n) is 1.83. The molecule has 0 saturated carbocycles. The fraction of sp³-hybridized carbons (Fsp3) is 0.455. The fourth-order valence-corrected chi connectivity index (χ4v) is 3.10. The van der Waals surface area contributed by atoms with Gasteiger partial charge < -0.3 is 11.1 Å². The monoisotopic (exact) mass is 254 g/mol. The minimum atomic E-state index is -0.00403. The van der Waals surface area contributed by atoms with Crippen molar-refractivity contribution in [3.05, 3.63) is 21.4 Å². The predicted molar refractivity (Wildman–Crippen MR) is 70.1 cm³/mol. The van der Waals surface area contributed by atoms with E-state index in [9.17, 15) is 4.79 Å². The zero-order chi connectivity index (χ0) is 11.5. The summed E-state index contributed by atoms with van der Waals surface area (Å²) in [7, 11) is 0. The first kappa shape index (κ1) is 11.5. The smallest absolute Gasteiger partial charge is 0.261 e. The van der Waals surface area contributed by atoms with Crippen LogP contribution < -0.4 is 11.1 Å². The first-order valence-corrected chi connectivity index (χ1v) is 6.57. The summed E-state index contributed by atoms with van der Waals surface area (Å²) in [6, 6.07) is 2.02. The van der Waals surface area contributed by atoms with Crippen molar-refractivity contribution in [2.45, 2.75) is 25.7 Å². The van der Waals surface area contributed by atoms with E-state index in [4.69, 9.17) is 18.0 Å². The average molecular weight is 254 g/mol. The number of aryl methyl sites for hydroxylation is 2. The largest absolute Gasteiger partial charge is 0.393 e. The van der Waals surface area contributed by atoms with Crippen molar-refractivity contribution in [2.75, 3.05) is 6.54 Å². The van der Waals surface area contributed by atoms with Crippen molar-refractivity contribution in [1.82, 2.24) is 5.32 Å². The lowest BCUT2D eigenvalue weighted by Crippen LogP contribution is -2.26. The van der Waals surface area contributed by atoms with Crippen molar-refractivity contribution >= 4 is 34.5 Å². The summed E-state index contributed by atoms with van der Waals surface area (Å²) in [4.78, 5) is 14.4. The molecule has 1 heterocycles. The van der Waals surface area contributed by atoms with Gasteiger partial charge in [-0.25, -0.2) is 0 Å². The van der Waals surface area contributed by atoms with Gasteiger partial charge in [-0.1, -0.05) is 12.2 Å². The third-order valence-electron chi connectivity index (χ3n) is 2.63. The molecule has 0 bridgehead atoms. The second-order valence-electron chi connectivity index (χ2n) is 3.88. The molecule has 0 saturated heterocycles. The molecular formula is C11H14N2OS2. The summed E-state index contributed by atoms with van der Waals surface area (Å²) in [5, 5.41) is 2.82. The number of nitrogens with one attached hydrogen (secondary N) is 1. The van der Waals surface area contributed by atoms with E-state index < -0.39 is 0 Å². The number of thiocarbonyl (C=S) groups is 1. The highest BCUT2D eigenvalue weighted by atomic mass is 32.1. The van der Waals surface area contributed by atoms with Gasteiger partial charge in [0.15, 0.2) is 0 Å². The Morgan fingerprint density at radius 1 is 1.56 bits per heavy atom. The summed E-state index contributed by atoms with van der Waals surface area (Å²) in [5.74, 6) is -0.00403. The molecule has 1 aliphatic carbocycles. The van der Waals surface area contributed by atoms with Crippen LogP contribution in [0.4, 0.5) is 0 Å². The molecule has 0 unspecified atom stereocenters. The van der Waals surface area contributed by atoms with Gasteiger partial charge in [-0.3, -0.25) is 4.79 Å². The second-order valence-corrected chi connectivity index (χ2v) is 5.55. The third-order valence-corrected chi connectivity index (χ3v) is 4.07. The van der Waals surface area contributed by atoms with Crippen molar-refractivity contribution in [3.8, 4) is 0 Å². The molecule has 1 amide bonds. The van der Waals surface area contributed by atoms with Crippen LogP contribution >= 0.6 is 23.6 Å². The van der Waals surface area contributed by atoms with Gasteiger partial charge in [0.25, 0.3) is 5.91 Å². The Labute approximate surface area is 104 Å². The molecule has 3 N–H and O–H groups in total. The molecule has 0 spiro atoms. The zero-order valence-corrected chi connectivity index (χ0v) is 10.5. The standard InChI is InChI=1S/C11H14N2OS2/c12-10(15)4-5-13-11(14)9-6-7-2-1-3-8(7)16-9/h6H,1-5H2,(H2,12,15)(H,13,14). The van der Waals surface area contributed by atoms with E-state index in [1.807, 2.05) is 6.07 Å². The number of carbonyl (C=O) groups excluding carboxylic acids is 1. The van der Waals surface area contributed by atoms with Crippen LogP contribution in [0.2, 0.25) is 0 Å². The average Bonchev–Trinajstić information content (AvgIpc) is 2.75. The van der Waals surface area contributed by atoms with Crippen LogP contribution in [0.15, 0.2) is 6.07 Å². The first-order valence-electron chi connectivity index (χ1n) is 5.35. The highest BCUT2D eigenvalue weighted by Gasteiger charge is 2.17. The molecule has 1 aromatic rings. The van der Waals surface area contributed by atoms with Crippen LogP contribution in [0.1, 0.15) is 33.0 Å². The van der Waals surface area contributed by atoms with E-state index in [2.05, 4.69) is 5.32 Å². The van der Waals surface area contributed by atoms with Crippen molar-refractivity contribution in [2.24, 2.45) is 5.73 Å². The number of rotatable bonds is 4. The molecule has 86 valence electrons. The van der Waals surface area contributed by atoms with Crippen molar-refractivity contribution < 1.29 is 4.79 Å². The maximum atomic E-state index is 11.7. The van der Waals surface area contributed by atoms with Gasteiger partial charge >= 0.3 is 0 Å². The number of hydrogen-bond donors (Lipinski definition) is 2. The van der Waals surface area contributed by atoms with Gasteiger partial charge in [0.1, 0.15) is 0 Å². The van der Waals surface area contributed by atoms with Crippen LogP contribution in [0.25, 0.3) is 0 Å². The molecule has 1 aliphatic rings. The topological polar surface area (TPSA) is 55.1 Å². The molecule has 16 heavy (non-hydrogen) atoms. The van der Waals surface area contributed by atoms with Crippen molar-refractivity contribution in [3.63, 3.8) is 0 Å². The quantitative estimate of drug-likeness (QED) is 0.803. The van der Waals surface area contributed by atoms with E-state index >= 15 is 0 Å². The molecule has 0 aliphatic heterocycles. The summed E-state index contributed by atoms with van der Waals surface area (Å²) < 4.78 is 0. The van der Waals surface area contributed by atoms with E-state index in [-0.39, 0.29) is 5.91 Å². The van der Waals surface area contributed by atoms with Crippen LogP contribution in [0.3, 0.4) is 0 Å². The van der Waals surface area contributed by atoms with Gasteiger partial charge in [0.2, 0.25) is 0 Å². The van der Waals surface area contributed by atoms with Gasteiger partial charge in [0, 0.05) is 17.8 Å². The molecule has 2 rings (SSSR count). The van der Waals surface area contributed by atoms with Gasteiger partial charge in [-0.15, -0.1) is 11.3 Å². The van der Waals surface area contributed by atoms with Crippen LogP contribution in [-0.4, -0.2) is 17.4 Å². The third kappa shape index (κ3) is 2.59. The lowest BCUT2D eigenvalue weighted by molar-refractivity contribution is 0.0959. The Kier molecular flexibility index (Phi) is 3.56. The first-order chi connectivity index (χ1) is 7.66. The molecule has 0 radical (unpaired) electrons. The highest BCUT2D eigenvalue weighted by molar-refractivity contribution is 7.80.